The highest BCUT2D eigenvalue weighted by Gasteiger charge is 2.09. The maximum atomic E-state index is 11.5. The van der Waals surface area contributed by atoms with Crippen molar-refractivity contribution in [2.24, 2.45) is 0 Å². The van der Waals surface area contributed by atoms with Crippen molar-refractivity contribution in [1.29, 1.82) is 0 Å². The molecule has 138 valence electrons. The molecule has 8 heteroatoms. The fraction of sp³-hybridized carbons (Fsp3) is 0.222. The van der Waals surface area contributed by atoms with Crippen molar-refractivity contribution in [3.63, 3.8) is 0 Å². The number of aliphatic hydroxyl groups is 1. The van der Waals surface area contributed by atoms with Crippen molar-refractivity contribution in [1.82, 2.24) is 0 Å². The van der Waals surface area contributed by atoms with Gasteiger partial charge in [0.05, 0.1) is 13.7 Å². The Bertz CT molecular complexity index is 645. The second-order valence-electron chi connectivity index (χ2n) is 4.88. The lowest BCUT2D eigenvalue weighted by Gasteiger charge is -2.08. The smallest absolute Gasteiger partial charge is 0.497 e. The highest BCUT2D eigenvalue weighted by Crippen LogP contribution is 2.17. The molecule has 0 atom stereocenters. The third-order valence-corrected chi connectivity index (χ3v) is 3.09. The summed E-state index contributed by atoms with van der Waals surface area (Å²) in [5, 5.41) is 8.93. The van der Waals surface area contributed by atoms with Gasteiger partial charge in [-0.1, -0.05) is 12.1 Å². The molecular formula is C18H18O8. The molecule has 0 saturated heterocycles. The van der Waals surface area contributed by atoms with Gasteiger partial charge in [-0.2, -0.15) is 0 Å². The van der Waals surface area contributed by atoms with Crippen LogP contribution in [0.4, 0.5) is 9.59 Å². The molecule has 0 spiro atoms. The molecule has 0 aromatic heterocycles. The van der Waals surface area contributed by atoms with Crippen LogP contribution >= 0.6 is 0 Å². The van der Waals surface area contributed by atoms with Crippen LogP contribution in [-0.4, -0.2) is 37.7 Å². The molecule has 8 nitrogen and oxygen atoms in total. The van der Waals surface area contributed by atoms with Crippen molar-refractivity contribution in [2.75, 3.05) is 20.3 Å². The maximum absolute atomic E-state index is 11.5. The predicted molar refractivity (Wildman–Crippen MR) is 89.3 cm³/mol. The summed E-state index contributed by atoms with van der Waals surface area (Å²) in [4.78, 5) is 23.0. The predicted octanol–water partition coefficient (Wildman–Crippen LogP) is 2.92. The van der Waals surface area contributed by atoms with Gasteiger partial charge in [-0.3, -0.25) is 0 Å². The summed E-state index contributed by atoms with van der Waals surface area (Å²) in [6, 6.07) is 12.6. The van der Waals surface area contributed by atoms with E-state index in [9.17, 15) is 9.59 Å². The van der Waals surface area contributed by atoms with E-state index >= 15 is 0 Å². The van der Waals surface area contributed by atoms with E-state index in [-0.39, 0.29) is 25.6 Å². The first-order valence-electron chi connectivity index (χ1n) is 7.64. The molecule has 0 radical (unpaired) electrons. The fourth-order valence-electron chi connectivity index (χ4n) is 1.81. The molecule has 0 heterocycles. The number of aliphatic hydroxyl groups excluding tert-OH is 1. The van der Waals surface area contributed by atoms with E-state index in [1.165, 1.54) is 19.2 Å². The molecule has 0 bridgehead atoms. The molecule has 0 amide bonds. The van der Waals surface area contributed by atoms with Crippen molar-refractivity contribution in [3.05, 3.63) is 54.1 Å². The lowest BCUT2D eigenvalue weighted by Crippen LogP contribution is -2.18. The molecule has 0 aliphatic heterocycles. The standard InChI is InChI=1S/C18H18O8/c1-22-14-6-8-16(9-7-14)26-18(21)24-11-10-23-17(20)25-15-4-2-13(12-19)3-5-15/h2-9,19H,10-12H2,1H3. The van der Waals surface area contributed by atoms with Gasteiger partial charge in [0.25, 0.3) is 0 Å². The molecule has 2 aromatic rings. The van der Waals surface area contributed by atoms with E-state index in [0.29, 0.717) is 17.1 Å². The van der Waals surface area contributed by atoms with Gasteiger partial charge in [-0.05, 0) is 42.0 Å². The summed E-state index contributed by atoms with van der Waals surface area (Å²) in [7, 11) is 1.53. The van der Waals surface area contributed by atoms with E-state index in [1.807, 2.05) is 0 Å². The Morgan fingerprint density at radius 3 is 1.62 bits per heavy atom. The van der Waals surface area contributed by atoms with E-state index in [2.05, 4.69) is 0 Å². The lowest BCUT2D eigenvalue weighted by atomic mass is 10.2. The summed E-state index contributed by atoms with van der Waals surface area (Å²) >= 11 is 0. The minimum Gasteiger partial charge on any atom is -0.497 e. The summed E-state index contributed by atoms with van der Waals surface area (Å²) in [5.41, 5.74) is 0.689. The zero-order valence-electron chi connectivity index (χ0n) is 14.0. The van der Waals surface area contributed by atoms with Crippen LogP contribution in [0.1, 0.15) is 5.56 Å². The number of hydrogen-bond acceptors (Lipinski definition) is 8. The Morgan fingerprint density at radius 1 is 0.769 bits per heavy atom. The lowest BCUT2D eigenvalue weighted by molar-refractivity contribution is 0.0542. The number of benzene rings is 2. The zero-order chi connectivity index (χ0) is 18.8. The second-order valence-corrected chi connectivity index (χ2v) is 4.88. The second kappa shape index (κ2) is 9.90. The molecule has 0 saturated carbocycles. The Kier molecular flexibility index (Phi) is 7.26. The van der Waals surface area contributed by atoms with Crippen molar-refractivity contribution < 1.29 is 38.4 Å². The first-order valence-corrected chi connectivity index (χ1v) is 7.64. The summed E-state index contributed by atoms with van der Waals surface area (Å²) in [5.74, 6) is 1.19. The molecule has 2 rings (SSSR count). The Hall–Kier alpha value is -3.26. The molecule has 0 aliphatic carbocycles. The molecule has 0 unspecified atom stereocenters. The summed E-state index contributed by atoms with van der Waals surface area (Å²) in [6.45, 7) is -0.479. The van der Waals surface area contributed by atoms with Crippen LogP contribution in [0.2, 0.25) is 0 Å². The van der Waals surface area contributed by atoms with Gasteiger partial charge in [0, 0.05) is 0 Å². The summed E-state index contributed by atoms with van der Waals surface area (Å²) in [6.07, 6.45) is -1.86. The van der Waals surface area contributed by atoms with E-state index in [0.717, 1.165) is 0 Å². The molecule has 1 N–H and O–H groups in total. The van der Waals surface area contributed by atoms with E-state index in [4.69, 9.17) is 28.8 Å². The third kappa shape index (κ3) is 6.33. The zero-order valence-corrected chi connectivity index (χ0v) is 14.0. The van der Waals surface area contributed by atoms with E-state index in [1.54, 1.807) is 36.4 Å². The van der Waals surface area contributed by atoms with Crippen molar-refractivity contribution in [2.45, 2.75) is 6.61 Å². The fourth-order valence-corrected chi connectivity index (χ4v) is 1.81. The normalized spacial score (nSPS) is 9.92. The number of rotatable bonds is 7. The highest BCUT2D eigenvalue weighted by molar-refractivity contribution is 5.64. The summed E-state index contributed by atoms with van der Waals surface area (Å²) < 4.78 is 24.4. The number of carbonyl (C=O) groups excluding carboxylic acids is 2. The van der Waals surface area contributed by atoms with Gasteiger partial charge < -0.3 is 28.8 Å². The molecule has 0 aliphatic rings. The first kappa shape index (κ1) is 19.1. The van der Waals surface area contributed by atoms with Crippen LogP contribution in [0.15, 0.2) is 48.5 Å². The average molecular weight is 362 g/mol. The van der Waals surface area contributed by atoms with Gasteiger partial charge in [0.1, 0.15) is 30.5 Å². The average Bonchev–Trinajstić information content (AvgIpc) is 2.66. The van der Waals surface area contributed by atoms with Crippen LogP contribution in [0.3, 0.4) is 0 Å². The Labute approximate surface area is 149 Å². The van der Waals surface area contributed by atoms with Gasteiger partial charge >= 0.3 is 12.3 Å². The number of ether oxygens (including phenoxy) is 5. The molecule has 0 fully saturated rings. The number of carbonyl (C=O) groups is 2. The van der Waals surface area contributed by atoms with Crippen LogP contribution in [0.25, 0.3) is 0 Å². The largest absolute Gasteiger partial charge is 0.513 e. The number of hydrogen-bond donors (Lipinski definition) is 1. The minimum atomic E-state index is -0.936. The Balaban J connectivity index is 1.63. The molecule has 26 heavy (non-hydrogen) atoms. The van der Waals surface area contributed by atoms with Crippen LogP contribution in [0, 0.1) is 0 Å². The van der Waals surface area contributed by atoms with Gasteiger partial charge in [0.2, 0.25) is 0 Å². The Morgan fingerprint density at radius 2 is 1.19 bits per heavy atom. The third-order valence-electron chi connectivity index (χ3n) is 3.09. The topological polar surface area (TPSA) is 101 Å². The van der Waals surface area contributed by atoms with E-state index < -0.39 is 12.3 Å². The van der Waals surface area contributed by atoms with Gasteiger partial charge in [-0.15, -0.1) is 0 Å². The quantitative estimate of drug-likeness (QED) is 0.456. The molecule has 2 aromatic carbocycles. The van der Waals surface area contributed by atoms with Crippen LogP contribution in [-0.2, 0) is 16.1 Å². The van der Waals surface area contributed by atoms with Crippen molar-refractivity contribution >= 4 is 12.3 Å². The monoisotopic (exact) mass is 362 g/mol. The molecular weight excluding hydrogens is 344 g/mol. The minimum absolute atomic E-state index is 0.102. The maximum Gasteiger partial charge on any atom is 0.513 e. The SMILES string of the molecule is COc1ccc(OC(=O)OCCOC(=O)Oc2ccc(CO)cc2)cc1. The first-order chi connectivity index (χ1) is 12.6. The highest BCUT2D eigenvalue weighted by atomic mass is 16.7. The van der Waals surface area contributed by atoms with Gasteiger partial charge in [0.15, 0.2) is 0 Å². The van der Waals surface area contributed by atoms with Crippen LogP contribution in [0.5, 0.6) is 17.2 Å². The van der Waals surface area contributed by atoms with Crippen molar-refractivity contribution in [3.8, 4) is 17.2 Å². The van der Waals surface area contributed by atoms with Gasteiger partial charge in [-0.25, -0.2) is 9.59 Å². The van der Waals surface area contributed by atoms with Crippen LogP contribution < -0.4 is 14.2 Å². The number of methoxy groups -OCH3 is 1.